The van der Waals surface area contributed by atoms with Gasteiger partial charge in [0, 0.05) is 18.9 Å². The van der Waals surface area contributed by atoms with Crippen LogP contribution in [-0.2, 0) is 13.6 Å². The van der Waals surface area contributed by atoms with Crippen molar-refractivity contribution in [3.8, 4) is 0 Å². The molecule has 4 rings (SSSR count). The van der Waals surface area contributed by atoms with Crippen molar-refractivity contribution in [3.05, 3.63) is 0 Å². The van der Waals surface area contributed by atoms with Gasteiger partial charge < -0.3 is 8.85 Å². The van der Waals surface area contributed by atoms with Gasteiger partial charge in [0.2, 0.25) is 0 Å². The molecule has 0 saturated heterocycles. The molecule has 0 aromatic rings. The zero-order valence-corrected chi connectivity index (χ0v) is 22.8. The third-order valence-corrected chi connectivity index (χ3v) is 11.4. The molecule has 4 aliphatic carbocycles. The topological polar surface area (TPSA) is 35.5 Å². The molecule has 0 spiro atoms. The van der Waals surface area contributed by atoms with Crippen LogP contribution in [0, 0.1) is 34.5 Å². The predicted molar refractivity (Wildman–Crippen MR) is 129 cm³/mol. The number of hydrogen-bond acceptors (Lipinski definition) is 3. The highest BCUT2D eigenvalue weighted by Gasteiger charge is 2.63. The Kier molecular flexibility index (Phi) is 5.82. The van der Waals surface area contributed by atoms with Crippen LogP contribution in [0.5, 0.6) is 0 Å². The molecule has 30 heavy (non-hydrogen) atoms. The normalized spacial score (nSPS) is 46.9. The molecule has 4 aliphatic rings. The van der Waals surface area contributed by atoms with Crippen LogP contribution >= 0.6 is 0 Å². The monoisotopic (exact) mass is 450 g/mol. The lowest BCUT2D eigenvalue weighted by Crippen LogP contribution is -2.60. The van der Waals surface area contributed by atoms with Crippen molar-refractivity contribution in [2.24, 2.45) is 34.5 Å². The van der Waals surface area contributed by atoms with Crippen LogP contribution in [-0.4, -0.2) is 34.6 Å². The van der Waals surface area contributed by atoms with Crippen molar-refractivity contribution in [2.75, 3.05) is 0 Å². The maximum absolute atomic E-state index is 12.4. The van der Waals surface area contributed by atoms with Gasteiger partial charge in [-0.2, -0.15) is 0 Å². The molecular weight excluding hydrogens is 404 g/mol. The summed E-state index contributed by atoms with van der Waals surface area (Å²) < 4.78 is 13.8. The molecule has 4 fully saturated rings. The summed E-state index contributed by atoms with van der Waals surface area (Å²) in [7, 11) is -3.21. The molecule has 0 N–H and O–H groups in total. The fourth-order valence-electron chi connectivity index (χ4n) is 8.14. The molecule has 8 atom stereocenters. The summed E-state index contributed by atoms with van der Waals surface area (Å²) in [5.74, 6) is 3.11. The Morgan fingerprint density at radius 1 is 0.833 bits per heavy atom. The van der Waals surface area contributed by atoms with E-state index in [0.717, 1.165) is 31.6 Å². The Morgan fingerprint density at radius 2 is 1.47 bits per heavy atom. The minimum absolute atomic E-state index is 0.302. The number of ketones is 1. The van der Waals surface area contributed by atoms with Crippen molar-refractivity contribution in [3.63, 3.8) is 0 Å². The molecule has 0 bridgehead atoms. The molecule has 3 unspecified atom stereocenters. The van der Waals surface area contributed by atoms with Crippen LogP contribution in [0.2, 0.25) is 39.3 Å². The first-order valence-electron chi connectivity index (χ1n) is 12.6. The number of rotatable bonds is 4. The summed E-state index contributed by atoms with van der Waals surface area (Å²) >= 11 is 0. The summed E-state index contributed by atoms with van der Waals surface area (Å²) in [6.45, 7) is 19.2. The van der Waals surface area contributed by atoms with Crippen molar-refractivity contribution in [1.82, 2.24) is 0 Å². The summed E-state index contributed by atoms with van der Waals surface area (Å²) in [6, 6.07) is 0. The summed E-state index contributed by atoms with van der Waals surface area (Å²) in [5, 5.41) is 0. The van der Waals surface area contributed by atoms with Crippen LogP contribution in [0.4, 0.5) is 0 Å². The lowest BCUT2D eigenvalue weighted by atomic mass is 9.44. The van der Waals surface area contributed by atoms with Gasteiger partial charge in [-0.25, -0.2) is 0 Å². The minimum atomic E-state index is -1.65. The van der Waals surface area contributed by atoms with E-state index in [1.54, 1.807) is 0 Å². The Hall–Kier alpha value is 0.0238. The fraction of sp³-hybridized carbons (Fsp3) is 0.960. The molecule has 0 aromatic heterocycles. The summed E-state index contributed by atoms with van der Waals surface area (Å²) in [4.78, 5) is 12.4. The number of carbonyl (C=O) groups excluding carboxylic acids is 1. The minimum Gasteiger partial charge on any atom is -0.414 e. The number of carbonyl (C=O) groups is 1. The zero-order chi connectivity index (χ0) is 22.1. The van der Waals surface area contributed by atoms with Crippen LogP contribution in [0.15, 0.2) is 0 Å². The molecule has 0 aliphatic heterocycles. The van der Waals surface area contributed by atoms with Crippen molar-refractivity contribution in [1.29, 1.82) is 0 Å². The van der Waals surface area contributed by atoms with Crippen molar-refractivity contribution in [2.45, 2.75) is 117 Å². The molecule has 0 aromatic carbocycles. The second-order valence-corrected chi connectivity index (χ2v) is 22.5. The van der Waals surface area contributed by atoms with Gasteiger partial charge in [0.1, 0.15) is 5.78 Å². The lowest BCUT2D eigenvalue weighted by molar-refractivity contribution is -0.166. The third-order valence-electron chi connectivity index (χ3n) is 9.39. The Morgan fingerprint density at radius 3 is 2.10 bits per heavy atom. The van der Waals surface area contributed by atoms with Gasteiger partial charge in [-0.15, -0.1) is 0 Å². The highest BCUT2D eigenvalue weighted by Crippen LogP contribution is 2.67. The van der Waals surface area contributed by atoms with Crippen LogP contribution in [0.1, 0.15) is 65.2 Å². The molecule has 5 heteroatoms. The van der Waals surface area contributed by atoms with Gasteiger partial charge >= 0.3 is 0 Å². The average molecular weight is 451 g/mol. The predicted octanol–water partition coefficient (Wildman–Crippen LogP) is 6.65. The van der Waals surface area contributed by atoms with Crippen molar-refractivity contribution >= 4 is 22.4 Å². The molecule has 3 nitrogen and oxygen atoms in total. The maximum Gasteiger partial charge on any atom is 0.184 e. The molecule has 172 valence electrons. The highest BCUT2D eigenvalue weighted by atomic mass is 28.4. The number of hydrogen-bond donors (Lipinski definition) is 0. The molecule has 0 heterocycles. The molecule has 0 radical (unpaired) electrons. The Bertz CT molecular complexity index is 681. The van der Waals surface area contributed by atoms with Crippen LogP contribution < -0.4 is 0 Å². The van der Waals surface area contributed by atoms with Crippen molar-refractivity contribution < 1.29 is 13.6 Å². The maximum atomic E-state index is 12.4. The van der Waals surface area contributed by atoms with Gasteiger partial charge in [0.05, 0.1) is 6.10 Å². The van der Waals surface area contributed by atoms with E-state index < -0.39 is 16.6 Å². The van der Waals surface area contributed by atoms with E-state index in [4.69, 9.17) is 8.85 Å². The van der Waals surface area contributed by atoms with E-state index in [0.29, 0.717) is 46.6 Å². The summed E-state index contributed by atoms with van der Waals surface area (Å²) in [5.41, 5.74) is 0.632. The second kappa shape index (κ2) is 7.53. The molecular formula is C25H46O3Si2. The van der Waals surface area contributed by atoms with E-state index in [9.17, 15) is 4.79 Å². The first-order chi connectivity index (χ1) is 13.7. The zero-order valence-electron chi connectivity index (χ0n) is 20.8. The van der Waals surface area contributed by atoms with E-state index in [2.05, 4.69) is 53.1 Å². The van der Waals surface area contributed by atoms with Crippen LogP contribution in [0.3, 0.4) is 0 Å². The van der Waals surface area contributed by atoms with E-state index >= 15 is 0 Å². The Balaban J connectivity index is 1.68. The Labute approximate surface area is 187 Å². The molecule has 4 saturated carbocycles. The first-order valence-corrected chi connectivity index (χ1v) is 19.4. The third kappa shape index (κ3) is 4.06. The fourth-order valence-corrected chi connectivity index (χ4v) is 10.5. The van der Waals surface area contributed by atoms with Gasteiger partial charge in [-0.1, -0.05) is 13.8 Å². The van der Waals surface area contributed by atoms with E-state index in [1.165, 1.54) is 25.7 Å². The van der Waals surface area contributed by atoms with Gasteiger partial charge in [-0.05, 0) is 112 Å². The second-order valence-electron chi connectivity index (χ2n) is 13.6. The van der Waals surface area contributed by atoms with E-state index in [-0.39, 0.29) is 0 Å². The SMILES string of the molecule is C[C@]12CCC(=O)CC1CC(O[Si](C)(C)C)[C@@H]1[C@@H]2CC[C@]2(C)C(O[Si](C)(C)C)CC[C@@H]12. The number of fused-ring (bicyclic) bond motifs is 5. The first kappa shape index (κ1) is 23.2. The standard InChI is InChI=1S/C25H46O3Si2/c1-24-13-11-18(26)15-17(24)16-21(27-29(3,4)5)23-19-9-10-22(28-30(6,7)8)25(19,2)14-12-20(23)24/h17,19-23H,9-16H2,1-8H3/t17?,19-,20-,21?,22?,23-,24-,25-/m0/s1. The number of Topliss-reactive ketones (excluding diaryl/α,β-unsaturated/α-hetero) is 1. The lowest BCUT2D eigenvalue weighted by Gasteiger charge is -2.62. The van der Waals surface area contributed by atoms with Gasteiger partial charge in [0.25, 0.3) is 0 Å². The van der Waals surface area contributed by atoms with Gasteiger partial charge in [-0.3, -0.25) is 4.79 Å². The van der Waals surface area contributed by atoms with E-state index in [1.807, 2.05) is 0 Å². The van der Waals surface area contributed by atoms with Crippen LogP contribution in [0.25, 0.3) is 0 Å². The quantitative estimate of drug-likeness (QED) is 0.450. The van der Waals surface area contributed by atoms with Gasteiger partial charge in [0.15, 0.2) is 16.6 Å². The highest BCUT2D eigenvalue weighted by molar-refractivity contribution is 6.70. The largest absolute Gasteiger partial charge is 0.414 e. The molecule has 0 amide bonds. The average Bonchev–Trinajstić information content (AvgIpc) is 2.90. The summed E-state index contributed by atoms with van der Waals surface area (Å²) in [6.07, 6.45) is 9.73. The smallest absolute Gasteiger partial charge is 0.184 e.